The molecule has 0 spiro atoms. The van der Waals surface area contributed by atoms with Crippen LogP contribution in [0, 0.1) is 17.1 Å². The standard InChI is InChI=1S/C31H41FN4O6S/c1-34(2)43(38,39)35(20-22-8-12-27(40-3)13-9-22)29-19-26(16-17-33)36(31(37)41-4)30(29)21-42-28-14-10-23(11-15-28)24-6-5-7-25(32)18-24/h5-9,12-13,18,23,26,28-30H,10-11,14-16,19-21H2,1-4H3/t23?,26-,28?,29+,30+/m1/s1. The lowest BCUT2D eigenvalue weighted by molar-refractivity contribution is -0.0146. The average Bonchev–Trinajstić information content (AvgIpc) is 3.36. The van der Waals surface area contributed by atoms with E-state index < -0.39 is 34.4 Å². The maximum absolute atomic E-state index is 13.8. The number of nitriles is 1. The second kappa shape index (κ2) is 14.5. The lowest BCUT2D eigenvalue weighted by Crippen LogP contribution is -2.54. The summed E-state index contributed by atoms with van der Waals surface area (Å²) < 4.78 is 60.6. The SMILES string of the molecule is COC(=O)N1[C@H](CC#N)C[C@H](N(Cc2ccc(OC)cc2)S(=O)(=O)N(C)C)[C@@H]1COC1CCC(c2cccc(F)c2)CC1. The number of carbonyl (C=O) groups is 1. The Bertz CT molecular complexity index is 1380. The van der Waals surface area contributed by atoms with Crippen molar-refractivity contribution >= 4 is 16.3 Å². The fraction of sp³-hybridized carbons (Fsp3) is 0.548. The first kappa shape index (κ1) is 32.7. The van der Waals surface area contributed by atoms with Crippen molar-refractivity contribution in [3.63, 3.8) is 0 Å². The molecule has 2 aromatic rings. The van der Waals surface area contributed by atoms with Gasteiger partial charge >= 0.3 is 6.09 Å². The lowest BCUT2D eigenvalue weighted by atomic mass is 9.82. The van der Waals surface area contributed by atoms with Crippen LogP contribution in [0.3, 0.4) is 0 Å². The molecule has 0 bridgehead atoms. The monoisotopic (exact) mass is 616 g/mol. The number of hydrogen-bond acceptors (Lipinski definition) is 7. The number of likely N-dealkylation sites (tertiary alicyclic amines) is 1. The fourth-order valence-electron chi connectivity index (χ4n) is 6.23. The van der Waals surface area contributed by atoms with Gasteiger partial charge in [-0.2, -0.15) is 22.3 Å². The Morgan fingerprint density at radius 2 is 1.79 bits per heavy atom. The van der Waals surface area contributed by atoms with Crippen LogP contribution in [0.15, 0.2) is 48.5 Å². The van der Waals surface area contributed by atoms with E-state index in [1.807, 2.05) is 6.07 Å². The van der Waals surface area contributed by atoms with Gasteiger partial charge in [0.05, 0.1) is 57.5 Å². The van der Waals surface area contributed by atoms with Crippen molar-refractivity contribution in [1.82, 2.24) is 13.5 Å². The second-order valence-corrected chi connectivity index (χ2v) is 13.4. The van der Waals surface area contributed by atoms with Crippen molar-refractivity contribution in [3.8, 4) is 11.8 Å². The molecule has 1 aliphatic heterocycles. The van der Waals surface area contributed by atoms with Gasteiger partial charge in [-0.05, 0) is 73.4 Å². The van der Waals surface area contributed by atoms with Gasteiger partial charge in [-0.25, -0.2) is 9.18 Å². The molecule has 1 amide bonds. The molecule has 1 aliphatic carbocycles. The molecule has 2 fully saturated rings. The van der Waals surface area contributed by atoms with Gasteiger partial charge in [0.2, 0.25) is 0 Å². The smallest absolute Gasteiger partial charge is 0.410 e. The largest absolute Gasteiger partial charge is 0.497 e. The van der Waals surface area contributed by atoms with Crippen molar-refractivity contribution in [3.05, 3.63) is 65.5 Å². The Hall–Kier alpha value is -3.24. The van der Waals surface area contributed by atoms with Crippen molar-refractivity contribution in [2.45, 2.75) is 75.2 Å². The summed E-state index contributed by atoms with van der Waals surface area (Å²) in [6, 6.07) is 14.1. The summed E-state index contributed by atoms with van der Waals surface area (Å²) in [5, 5.41) is 9.58. The van der Waals surface area contributed by atoms with Crippen LogP contribution >= 0.6 is 0 Å². The van der Waals surface area contributed by atoms with Crippen LogP contribution in [0.25, 0.3) is 0 Å². The molecule has 3 atom stereocenters. The summed E-state index contributed by atoms with van der Waals surface area (Å²) in [6.45, 7) is 0.137. The average molecular weight is 617 g/mol. The highest BCUT2D eigenvalue weighted by Crippen LogP contribution is 2.37. The molecular formula is C31H41FN4O6S. The highest BCUT2D eigenvalue weighted by atomic mass is 32.2. The van der Waals surface area contributed by atoms with Crippen LogP contribution < -0.4 is 4.74 Å². The van der Waals surface area contributed by atoms with E-state index in [4.69, 9.17) is 14.2 Å². The lowest BCUT2D eigenvalue weighted by Gasteiger charge is -2.37. The van der Waals surface area contributed by atoms with Crippen LogP contribution in [0.1, 0.15) is 55.6 Å². The van der Waals surface area contributed by atoms with E-state index >= 15 is 0 Å². The Kier molecular flexibility index (Phi) is 11.0. The molecule has 12 heteroatoms. The minimum Gasteiger partial charge on any atom is -0.497 e. The number of halogens is 1. The van der Waals surface area contributed by atoms with Crippen molar-refractivity contribution in [2.75, 3.05) is 34.9 Å². The van der Waals surface area contributed by atoms with E-state index in [9.17, 15) is 22.9 Å². The summed E-state index contributed by atoms with van der Waals surface area (Å²) in [7, 11) is 1.82. The third kappa shape index (κ3) is 7.65. The molecule has 1 saturated carbocycles. The fourth-order valence-corrected chi connectivity index (χ4v) is 7.53. The molecule has 10 nitrogen and oxygen atoms in total. The quantitative estimate of drug-likeness (QED) is 0.361. The van der Waals surface area contributed by atoms with Crippen molar-refractivity contribution in [2.24, 2.45) is 0 Å². The van der Waals surface area contributed by atoms with Gasteiger partial charge in [0, 0.05) is 20.6 Å². The summed E-state index contributed by atoms with van der Waals surface area (Å²) in [6.07, 6.45) is 2.73. The Morgan fingerprint density at radius 3 is 2.37 bits per heavy atom. The van der Waals surface area contributed by atoms with Crippen LogP contribution in [0.4, 0.5) is 9.18 Å². The summed E-state index contributed by atoms with van der Waals surface area (Å²) in [5.74, 6) is 0.646. The molecule has 1 heterocycles. The molecule has 1 saturated heterocycles. The minimum atomic E-state index is -3.96. The number of nitrogens with zero attached hydrogens (tertiary/aromatic N) is 4. The molecule has 2 aliphatic rings. The topological polar surface area (TPSA) is 112 Å². The van der Waals surface area contributed by atoms with E-state index in [2.05, 4.69) is 6.07 Å². The molecule has 0 aromatic heterocycles. The normalized spacial score (nSPS) is 24.2. The molecule has 43 heavy (non-hydrogen) atoms. The first-order chi connectivity index (χ1) is 20.6. The number of carbonyl (C=O) groups excluding carboxylic acids is 1. The van der Waals surface area contributed by atoms with Gasteiger partial charge in [-0.3, -0.25) is 4.90 Å². The number of benzene rings is 2. The first-order valence-corrected chi connectivity index (χ1v) is 15.9. The van der Waals surface area contributed by atoms with Gasteiger partial charge in [0.15, 0.2) is 0 Å². The molecule has 4 rings (SSSR count). The summed E-state index contributed by atoms with van der Waals surface area (Å²) in [5.41, 5.74) is 1.73. The Labute approximate surface area is 254 Å². The van der Waals surface area contributed by atoms with Gasteiger partial charge in [0.25, 0.3) is 10.2 Å². The van der Waals surface area contributed by atoms with E-state index in [1.54, 1.807) is 43.5 Å². The Balaban J connectivity index is 1.58. The number of methoxy groups -OCH3 is 2. The number of amides is 1. The molecule has 234 valence electrons. The molecule has 2 aromatic carbocycles. The molecule has 0 radical (unpaired) electrons. The number of ether oxygens (including phenoxy) is 3. The third-order valence-electron chi connectivity index (χ3n) is 8.54. The van der Waals surface area contributed by atoms with Gasteiger partial charge in [-0.15, -0.1) is 0 Å². The summed E-state index contributed by atoms with van der Waals surface area (Å²) >= 11 is 0. The van der Waals surface area contributed by atoms with Crippen molar-refractivity contribution in [1.29, 1.82) is 5.26 Å². The predicted octanol–water partition coefficient (Wildman–Crippen LogP) is 4.68. The molecule has 0 unspecified atom stereocenters. The highest BCUT2D eigenvalue weighted by Gasteiger charge is 2.50. The maximum atomic E-state index is 13.8. The zero-order valence-electron chi connectivity index (χ0n) is 25.2. The summed E-state index contributed by atoms with van der Waals surface area (Å²) in [4.78, 5) is 14.6. The van der Waals surface area contributed by atoms with Gasteiger partial charge in [-0.1, -0.05) is 24.3 Å². The number of hydrogen-bond donors (Lipinski definition) is 0. The zero-order valence-corrected chi connectivity index (χ0v) is 26.0. The van der Waals surface area contributed by atoms with E-state index in [0.29, 0.717) is 5.75 Å². The van der Waals surface area contributed by atoms with Gasteiger partial charge in [0.1, 0.15) is 11.6 Å². The van der Waals surface area contributed by atoms with E-state index in [0.717, 1.165) is 41.1 Å². The van der Waals surface area contributed by atoms with Crippen LogP contribution in [0.5, 0.6) is 5.75 Å². The van der Waals surface area contributed by atoms with Crippen LogP contribution in [-0.2, 0) is 26.2 Å². The van der Waals surface area contributed by atoms with Crippen LogP contribution in [-0.4, -0.2) is 87.2 Å². The predicted molar refractivity (Wildman–Crippen MR) is 159 cm³/mol. The molecule has 0 N–H and O–H groups in total. The van der Waals surface area contributed by atoms with Gasteiger partial charge < -0.3 is 14.2 Å². The third-order valence-corrected chi connectivity index (χ3v) is 10.5. The second-order valence-electron chi connectivity index (χ2n) is 11.3. The number of rotatable bonds is 11. The molecular weight excluding hydrogens is 575 g/mol. The van der Waals surface area contributed by atoms with E-state index in [1.165, 1.54) is 36.5 Å². The minimum absolute atomic E-state index is 0.0270. The maximum Gasteiger partial charge on any atom is 0.410 e. The highest BCUT2D eigenvalue weighted by molar-refractivity contribution is 7.86. The van der Waals surface area contributed by atoms with Crippen LogP contribution in [0.2, 0.25) is 0 Å². The zero-order chi connectivity index (χ0) is 31.1. The Morgan fingerprint density at radius 1 is 1.09 bits per heavy atom. The van der Waals surface area contributed by atoms with Crippen molar-refractivity contribution < 1.29 is 31.8 Å². The first-order valence-electron chi connectivity index (χ1n) is 14.5. The van der Waals surface area contributed by atoms with E-state index in [-0.39, 0.29) is 43.8 Å².